The van der Waals surface area contributed by atoms with Crippen LogP contribution in [0.5, 0.6) is 0 Å². The summed E-state index contributed by atoms with van der Waals surface area (Å²) < 4.78 is 37.7. The van der Waals surface area contributed by atoms with Crippen molar-refractivity contribution in [1.29, 1.82) is 0 Å². The van der Waals surface area contributed by atoms with Crippen LogP contribution in [-0.2, 0) is 30.5 Å². The summed E-state index contributed by atoms with van der Waals surface area (Å²) in [5.74, 6) is 0.670. The van der Waals surface area contributed by atoms with Gasteiger partial charge in [0.1, 0.15) is 0 Å². The Kier molecular flexibility index (Phi) is 7.30. The van der Waals surface area contributed by atoms with E-state index in [9.17, 15) is 18.0 Å². The molecule has 0 spiro atoms. The van der Waals surface area contributed by atoms with Crippen LogP contribution in [0, 0.1) is 0 Å². The molecule has 0 unspecified atom stereocenters. The maximum atomic E-state index is 12.6. The van der Waals surface area contributed by atoms with E-state index < -0.39 is 11.9 Å². The molecule has 0 aliphatic carbocycles. The number of alkyl halides is 3. The van der Waals surface area contributed by atoms with Crippen molar-refractivity contribution in [2.24, 2.45) is 4.99 Å². The quantitative estimate of drug-likeness (QED) is 0.395. The lowest BCUT2D eigenvalue weighted by molar-refractivity contribution is -0.140. The number of aliphatic imine (C=N–C) groups is 1. The number of aromatic nitrogens is 1. The summed E-state index contributed by atoms with van der Waals surface area (Å²) in [5, 5.41) is 7.61. The summed E-state index contributed by atoms with van der Waals surface area (Å²) in [6.07, 6.45) is -2.93. The standard InChI is InChI=1S/C20H24F3N5OS/c1-24-19(26-10-8-17-27-16(13-30-17)20(21,22)23)25-9-4-7-18(29)28-11-14-5-2-3-6-15(14)12-28/h2-3,5-6,13H,4,7-12H2,1H3,(H2,24,25,26). The van der Waals surface area contributed by atoms with Crippen molar-refractivity contribution in [1.82, 2.24) is 20.5 Å². The highest BCUT2D eigenvalue weighted by Gasteiger charge is 2.33. The number of thiazole rings is 1. The Hall–Kier alpha value is -2.62. The van der Waals surface area contributed by atoms with Crippen molar-refractivity contribution in [2.45, 2.75) is 38.5 Å². The summed E-state index contributed by atoms with van der Waals surface area (Å²) in [4.78, 5) is 21.9. The Bertz CT molecular complexity index is 872. The van der Waals surface area contributed by atoms with Crippen LogP contribution in [0.1, 0.15) is 34.7 Å². The largest absolute Gasteiger partial charge is 0.434 e. The fraction of sp³-hybridized carbons (Fsp3) is 0.450. The Labute approximate surface area is 177 Å². The van der Waals surface area contributed by atoms with Crippen molar-refractivity contribution < 1.29 is 18.0 Å². The highest BCUT2D eigenvalue weighted by Crippen LogP contribution is 2.30. The molecule has 30 heavy (non-hydrogen) atoms. The van der Waals surface area contributed by atoms with E-state index >= 15 is 0 Å². The Morgan fingerprint density at radius 3 is 2.47 bits per heavy atom. The minimum absolute atomic E-state index is 0.125. The lowest BCUT2D eigenvalue weighted by Crippen LogP contribution is -2.39. The maximum Gasteiger partial charge on any atom is 0.434 e. The predicted molar refractivity (Wildman–Crippen MR) is 110 cm³/mol. The molecule has 0 bridgehead atoms. The van der Waals surface area contributed by atoms with Gasteiger partial charge < -0.3 is 15.5 Å². The van der Waals surface area contributed by atoms with E-state index in [1.807, 2.05) is 17.0 Å². The molecule has 2 aromatic rings. The molecule has 0 radical (unpaired) electrons. The van der Waals surface area contributed by atoms with Gasteiger partial charge in [-0.05, 0) is 17.5 Å². The monoisotopic (exact) mass is 439 g/mol. The van der Waals surface area contributed by atoms with Crippen molar-refractivity contribution in [3.63, 3.8) is 0 Å². The number of rotatable bonds is 7. The number of nitrogens with one attached hydrogen (secondary N) is 2. The second kappa shape index (κ2) is 9.92. The van der Waals surface area contributed by atoms with E-state index in [0.717, 1.165) is 16.7 Å². The molecule has 1 amide bonds. The molecule has 6 nitrogen and oxygen atoms in total. The lowest BCUT2D eigenvalue weighted by atomic mass is 10.1. The third-order valence-corrected chi connectivity index (χ3v) is 5.66. The summed E-state index contributed by atoms with van der Waals surface area (Å²) >= 11 is 0.994. The average molecular weight is 440 g/mol. The zero-order valence-corrected chi connectivity index (χ0v) is 17.4. The zero-order valence-electron chi connectivity index (χ0n) is 16.6. The second-order valence-electron chi connectivity index (χ2n) is 6.92. The predicted octanol–water partition coefficient (Wildman–Crippen LogP) is 3.19. The molecule has 2 heterocycles. The highest BCUT2D eigenvalue weighted by molar-refractivity contribution is 7.09. The van der Waals surface area contributed by atoms with E-state index in [4.69, 9.17) is 0 Å². The van der Waals surface area contributed by atoms with E-state index in [2.05, 4.69) is 32.7 Å². The van der Waals surface area contributed by atoms with Crippen LogP contribution < -0.4 is 10.6 Å². The highest BCUT2D eigenvalue weighted by atomic mass is 32.1. The van der Waals surface area contributed by atoms with Gasteiger partial charge in [-0.3, -0.25) is 9.79 Å². The van der Waals surface area contributed by atoms with Crippen LogP contribution in [0.25, 0.3) is 0 Å². The van der Waals surface area contributed by atoms with E-state index in [-0.39, 0.29) is 5.91 Å². The number of halogens is 3. The number of hydrogen-bond acceptors (Lipinski definition) is 4. The topological polar surface area (TPSA) is 69.6 Å². The molecule has 1 aromatic heterocycles. The van der Waals surface area contributed by atoms with Crippen molar-refractivity contribution in [3.05, 3.63) is 51.5 Å². The Balaban J connectivity index is 1.32. The lowest BCUT2D eigenvalue weighted by Gasteiger charge is -2.16. The molecule has 1 aliphatic rings. The fourth-order valence-corrected chi connectivity index (χ4v) is 3.98. The SMILES string of the molecule is CN=C(NCCCC(=O)N1Cc2ccccc2C1)NCCc1nc(C(F)(F)F)cs1. The Morgan fingerprint density at radius 1 is 1.20 bits per heavy atom. The van der Waals surface area contributed by atoms with E-state index in [0.29, 0.717) is 56.4 Å². The van der Waals surface area contributed by atoms with Crippen molar-refractivity contribution in [3.8, 4) is 0 Å². The molecule has 0 saturated carbocycles. The summed E-state index contributed by atoms with van der Waals surface area (Å²) in [7, 11) is 1.62. The first kappa shape index (κ1) is 22.1. The van der Waals surface area contributed by atoms with Gasteiger partial charge in [-0.15, -0.1) is 11.3 Å². The van der Waals surface area contributed by atoms with Gasteiger partial charge >= 0.3 is 6.18 Å². The summed E-state index contributed by atoms with van der Waals surface area (Å²) in [6.45, 7) is 2.31. The molecule has 10 heteroatoms. The van der Waals surface area contributed by atoms with Gasteiger partial charge in [0.05, 0.1) is 5.01 Å². The minimum Gasteiger partial charge on any atom is -0.356 e. The van der Waals surface area contributed by atoms with Gasteiger partial charge in [-0.1, -0.05) is 24.3 Å². The maximum absolute atomic E-state index is 12.6. The van der Waals surface area contributed by atoms with Gasteiger partial charge in [0.2, 0.25) is 5.91 Å². The minimum atomic E-state index is -4.41. The third kappa shape index (κ3) is 5.94. The van der Waals surface area contributed by atoms with Crippen LogP contribution in [0.2, 0.25) is 0 Å². The molecule has 0 atom stereocenters. The normalized spacial score (nSPS) is 14.0. The smallest absolute Gasteiger partial charge is 0.356 e. The van der Waals surface area contributed by atoms with Gasteiger partial charge in [0.25, 0.3) is 0 Å². The molecule has 1 aromatic carbocycles. The summed E-state index contributed by atoms with van der Waals surface area (Å²) in [5.41, 5.74) is 1.56. The molecule has 0 saturated heterocycles. The second-order valence-corrected chi connectivity index (χ2v) is 7.86. The van der Waals surface area contributed by atoms with Crippen molar-refractivity contribution in [2.75, 3.05) is 20.1 Å². The van der Waals surface area contributed by atoms with Crippen LogP contribution in [-0.4, -0.2) is 41.9 Å². The molecule has 162 valence electrons. The van der Waals surface area contributed by atoms with Crippen LogP contribution in [0.15, 0.2) is 34.6 Å². The van der Waals surface area contributed by atoms with Crippen LogP contribution in [0.4, 0.5) is 13.2 Å². The van der Waals surface area contributed by atoms with Gasteiger partial charge in [-0.25, -0.2) is 4.98 Å². The third-order valence-electron chi connectivity index (χ3n) is 4.75. The number of fused-ring (bicyclic) bond motifs is 1. The first-order valence-corrected chi connectivity index (χ1v) is 10.6. The van der Waals surface area contributed by atoms with Crippen molar-refractivity contribution >= 4 is 23.2 Å². The van der Waals surface area contributed by atoms with E-state index in [1.165, 1.54) is 11.1 Å². The molecule has 3 rings (SSSR count). The molecular weight excluding hydrogens is 415 g/mol. The van der Waals surface area contributed by atoms with E-state index in [1.54, 1.807) is 7.05 Å². The van der Waals surface area contributed by atoms with Gasteiger partial charge in [0.15, 0.2) is 11.7 Å². The first-order valence-electron chi connectivity index (χ1n) is 9.67. The summed E-state index contributed by atoms with van der Waals surface area (Å²) in [6, 6.07) is 8.07. The number of amides is 1. The first-order chi connectivity index (χ1) is 14.4. The average Bonchev–Trinajstić information content (AvgIpc) is 3.36. The molecule has 1 aliphatic heterocycles. The number of carbonyl (C=O) groups is 1. The van der Waals surface area contributed by atoms with Gasteiger partial charge in [0, 0.05) is 51.4 Å². The molecule has 0 fully saturated rings. The number of benzene rings is 1. The Morgan fingerprint density at radius 2 is 1.87 bits per heavy atom. The number of nitrogens with zero attached hydrogens (tertiary/aromatic N) is 3. The zero-order chi connectivity index (χ0) is 21.6. The number of hydrogen-bond donors (Lipinski definition) is 2. The number of guanidine groups is 1. The molecule has 2 N–H and O–H groups in total. The van der Waals surface area contributed by atoms with Crippen LogP contribution >= 0.6 is 11.3 Å². The number of carbonyl (C=O) groups excluding carboxylic acids is 1. The van der Waals surface area contributed by atoms with Gasteiger partial charge in [-0.2, -0.15) is 13.2 Å². The van der Waals surface area contributed by atoms with Crippen LogP contribution in [0.3, 0.4) is 0 Å². The molecular formula is C20H24F3N5OS. The fourth-order valence-electron chi connectivity index (χ4n) is 3.18.